The fourth-order valence-electron chi connectivity index (χ4n) is 5.92. The number of rotatable bonds is 10. The second-order valence-corrected chi connectivity index (χ2v) is 11.8. The first-order chi connectivity index (χ1) is 22.9. The van der Waals surface area contributed by atoms with Gasteiger partial charge in [-0.15, -0.1) is 0 Å². The number of alkyl halides is 1. The summed E-state index contributed by atoms with van der Waals surface area (Å²) in [5.74, 6) is 1.33. The summed E-state index contributed by atoms with van der Waals surface area (Å²) in [6.45, 7) is 2.38. The fraction of sp³-hybridized carbons (Fsp3) is 0.382. The molecule has 1 aromatic carbocycles. The molecule has 1 aliphatic carbocycles. The number of ether oxygens (including phenoxy) is 2. The molecule has 13 heteroatoms. The molecule has 2 fully saturated rings. The number of anilines is 3. The molecular formula is C34H36FN9O3. The highest BCUT2D eigenvalue weighted by molar-refractivity contribution is 5.87. The number of methoxy groups -OCH3 is 1. The van der Waals surface area contributed by atoms with Crippen LogP contribution in [0.2, 0.25) is 0 Å². The molecule has 47 heavy (non-hydrogen) atoms. The summed E-state index contributed by atoms with van der Waals surface area (Å²) in [6, 6.07) is 15.5. The van der Waals surface area contributed by atoms with Gasteiger partial charge < -0.3 is 19.7 Å². The van der Waals surface area contributed by atoms with Crippen LogP contribution in [0.5, 0.6) is 6.01 Å². The lowest BCUT2D eigenvalue weighted by atomic mass is 9.90. The van der Waals surface area contributed by atoms with Crippen LogP contribution in [-0.2, 0) is 11.3 Å². The van der Waals surface area contributed by atoms with Crippen LogP contribution >= 0.6 is 0 Å². The molecule has 6 rings (SSSR count). The average Bonchev–Trinajstić information content (AvgIpc) is 3.11. The van der Waals surface area contributed by atoms with Gasteiger partial charge in [-0.3, -0.25) is 4.90 Å². The van der Waals surface area contributed by atoms with E-state index in [0.29, 0.717) is 42.4 Å². The quantitative estimate of drug-likeness (QED) is 0.228. The monoisotopic (exact) mass is 637 g/mol. The molecule has 12 nitrogen and oxygen atoms in total. The lowest BCUT2D eigenvalue weighted by Crippen LogP contribution is -2.59. The first kappa shape index (κ1) is 31.6. The van der Waals surface area contributed by atoms with Crippen LogP contribution in [0.15, 0.2) is 67.3 Å². The molecule has 1 aliphatic heterocycles. The van der Waals surface area contributed by atoms with Crippen LogP contribution in [0.1, 0.15) is 50.2 Å². The van der Waals surface area contributed by atoms with Crippen molar-refractivity contribution in [2.24, 2.45) is 0 Å². The molecule has 4 heterocycles. The zero-order valence-electron chi connectivity index (χ0n) is 26.3. The van der Waals surface area contributed by atoms with Crippen molar-refractivity contribution in [3.63, 3.8) is 0 Å². The third-order valence-electron chi connectivity index (χ3n) is 8.71. The van der Waals surface area contributed by atoms with Crippen LogP contribution in [0.3, 0.4) is 0 Å². The van der Waals surface area contributed by atoms with Gasteiger partial charge in [0.05, 0.1) is 26.4 Å². The van der Waals surface area contributed by atoms with Gasteiger partial charge in [-0.05, 0) is 49.8 Å². The second kappa shape index (κ2) is 13.9. The number of nitrogens with one attached hydrogen (secondary N) is 1. The van der Waals surface area contributed by atoms with E-state index in [9.17, 15) is 14.4 Å². The minimum Gasteiger partial charge on any atom is -0.467 e. The van der Waals surface area contributed by atoms with E-state index in [4.69, 9.17) is 9.47 Å². The minimum absolute atomic E-state index is 0.0481. The number of halogens is 1. The average molecular weight is 638 g/mol. The van der Waals surface area contributed by atoms with Gasteiger partial charge in [0, 0.05) is 41.8 Å². The Morgan fingerprint density at radius 3 is 2.38 bits per heavy atom. The number of aromatic nitrogens is 5. The molecule has 1 saturated carbocycles. The topological polar surface area (TPSA) is 142 Å². The van der Waals surface area contributed by atoms with Crippen molar-refractivity contribution >= 4 is 23.7 Å². The number of nitrogens with zero attached hydrogens (tertiary/aromatic N) is 8. The van der Waals surface area contributed by atoms with E-state index in [1.165, 1.54) is 13.3 Å². The number of nitriles is 1. The normalized spacial score (nSPS) is 18.4. The molecule has 242 valence electrons. The molecule has 1 N–H and O–H groups in total. The second-order valence-electron chi connectivity index (χ2n) is 11.8. The Bertz CT molecular complexity index is 1700. The van der Waals surface area contributed by atoms with Gasteiger partial charge in [0.25, 0.3) is 0 Å². The number of pyridine rings is 1. The van der Waals surface area contributed by atoms with Gasteiger partial charge in [0.1, 0.15) is 29.7 Å². The largest absolute Gasteiger partial charge is 0.467 e. The molecule has 2 aliphatic rings. The van der Waals surface area contributed by atoms with Crippen LogP contribution in [0.4, 0.5) is 26.8 Å². The highest BCUT2D eigenvalue weighted by atomic mass is 19.1. The molecule has 0 radical (unpaired) electrons. The van der Waals surface area contributed by atoms with Crippen molar-refractivity contribution in [2.75, 3.05) is 35.3 Å². The molecule has 1 saturated heterocycles. The fourth-order valence-corrected chi connectivity index (χ4v) is 5.92. The molecule has 0 atom stereocenters. The predicted molar refractivity (Wildman–Crippen MR) is 174 cm³/mol. The van der Waals surface area contributed by atoms with E-state index < -0.39 is 11.8 Å². The first-order valence-electron chi connectivity index (χ1n) is 15.7. The molecule has 0 unspecified atom stereocenters. The van der Waals surface area contributed by atoms with E-state index in [-0.39, 0.29) is 37.8 Å². The van der Waals surface area contributed by atoms with E-state index >= 15 is 0 Å². The predicted octanol–water partition coefficient (Wildman–Crippen LogP) is 5.71. The lowest BCUT2D eigenvalue weighted by Gasteiger charge is -2.45. The Balaban J connectivity index is 1.15. The number of hydrogen-bond donors (Lipinski definition) is 1. The van der Waals surface area contributed by atoms with Crippen LogP contribution < -0.4 is 19.9 Å². The Kier molecular flexibility index (Phi) is 9.37. The maximum Gasteiger partial charge on any atom is 0.416 e. The number of carbonyl (C=O) groups is 1. The van der Waals surface area contributed by atoms with Gasteiger partial charge in [0.2, 0.25) is 5.95 Å². The van der Waals surface area contributed by atoms with Crippen molar-refractivity contribution in [1.29, 1.82) is 5.26 Å². The lowest BCUT2D eigenvalue weighted by molar-refractivity contribution is 0.115. The maximum absolute atomic E-state index is 14.6. The zero-order chi connectivity index (χ0) is 32.8. The summed E-state index contributed by atoms with van der Waals surface area (Å²) in [4.78, 5) is 39.0. The summed E-state index contributed by atoms with van der Waals surface area (Å²) in [6.07, 6.45) is 9.28. The van der Waals surface area contributed by atoms with Crippen molar-refractivity contribution in [1.82, 2.24) is 24.9 Å². The molecular weight excluding hydrogens is 601 g/mol. The molecule has 3 aromatic heterocycles. The number of carbonyl (C=O) groups excluding carboxylic acids is 1. The van der Waals surface area contributed by atoms with E-state index in [1.807, 2.05) is 43.3 Å². The zero-order valence-corrected chi connectivity index (χ0v) is 26.3. The van der Waals surface area contributed by atoms with Crippen LogP contribution in [0, 0.1) is 11.3 Å². The van der Waals surface area contributed by atoms with Gasteiger partial charge in [-0.1, -0.05) is 37.3 Å². The summed E-state index contributed by atoms with van der Waals surface area (Å²) >= 11 is 0. The highest BCUT2D eigenvalue weighted by Gasteiger charge is 2.43. The minimum atomic E-state index is -1.25. The standard InChI is InChI=1S/C34H36FN9O3/c1-3-34(35)21-43(22-34)30-25(15-36)17-38-31(42-30)41-27-10-12-28(13-11-27)44(33(45)47-20-23-7-5-4-6-8-23)29-14-9-24(16-37-29)26-18-39-32(46-2)40-19-26/h4-9,14,16-19,27-28H,3,10-13,20-22H2,1-2H3,(H,38,41,42). The van der Waals surface area contributed by atoms with E-state index in [1.54, 1.807) is 34.5 Å². The summed E-state index contributed by atoms with van der Waals surface area (Å²) < 4.78 is 25.4. The number of benzene rings is 1. The Morgan fingerprint density at radius 1 is 1.02 bits per heavy atom. The number of amides is 1. The Morgan fingerprint density at radius 2 is 1.74 bits per heavy atom. The van der Waals surface area contributed by atoms with Gasteiger partial charge in [-0.25, -0.2) is 29.1 Å². The molecule has 1 amide bonds. The van der Waals surface area contributed by atoms with E-state index in [0.717, 1.165) is 29.5 Å². The van der Waals surface area contributed by atoms with Crippen molar-refractivity contribution in [3.8, 4) is 23.2 Å². The third kappa shape index (κ3) is 7.22. The maximum atomic E-state index is 14.6. The Labute approximate surface area is 272 Å². The summed E-state index contributed by atoms with van der Waals surface area (Å²) in [7, 11) is 1.51. The van der Waals surface area contributed by atoms with Gasteiger partial charge in [-0.2, -0.15) is 10.2 Å². The molecule has 0 spiro atoms. The van der Waals surface area contributed by atoms with E-state index in [2.05, 4.69) is 36.3 Å². The Hall–Kier alpha value is -5.38. The molecule has 0 bridgehead atoms. The first-order valence-corrected chi connectivity index (χ1v) is 15.7. The van der Waals surface area contributed by atoms with Gasteiger partial charge >= 0.3 is 12.1 Å². The third-order valence-corrected chi connectivity index (χ3v) is 8.71. The van der Waals surface area contributed by atoms with Gasteiger partial charge in [0.15, 0.2) is 5.82 Å². The van der Waals surface area contributed by atoms with Crippen LogP contribution in [-0.4, -0.2) is 69.0 Å². The highest BCUT2D eigenvalue weighted by Crippen LogP contribution is 2.35. The number of hydrogen-bond acceptors (Lipinski definition) is 11. The molecule has 4 aromatic rings. The van der Waals surface area contributed by atoms with Crippen molar-refractivity contribution in [3.05, 3.63) is 78.4 Å². The summed E-state index contributed by atoms with van der Waals surface area (Å²) in [5.41, 5.74) is 1.53. The van der Waals surface area contributed by atoms with Crippen molar-refractivity contribution < 1.29 is 18.7 Å². The van der Waals surface area contributed by atoms with Crippen molar-refractivity contribution in [2.45, 2.75) is 63.4 Å². The smallest absolute Gasteiger partial charge is 0.416 e. The summed E-state index contributed by atoms with van der Waals surface area (Å²) in [5, 5.41) is 13.0. The van der Waals surface area contributed by atoms with Crippen LogP contribution in [0.25, 0.3) is 11.1 Å². The SMILES string of the molecule is CCC1(F)CN(c2nc(NC3CCC(N(C(=O)OCc4ccccc4)c4ccc(-c5cnc(OC)nc5)cn4)CC3)ncc2C#N)C1.